The van der Waals surface area contributed by atoms with Gasteiger partial charge in [0, 0.05) is 16.5 Å². The summed E-state index contributed by atoms with van der Waals surface area (Å²) in [5.74, 6) is 0.826. The number of hydrogen-bond donors (Lipinski definition) is 0. The number of carbonyl (C=O) groups excluding carboxylic acids is 1. The Kier molecular flexibility index (Phi) is 6.49. The van der Waals surface area contributed by atoms with E-state index in [9.17, 15) is 4.79 Å². The first-order chi connectivity index (χ1) is 8.17. The highest BCUT2D eigenvalue weighted by atomic mass is 79.9. The van der Waals surface area contributed by atoms with Crippen LogP contribution in [0, 0.1) is 5.92 Å². The van der Waals surface area contributed by atoms with E-state index in [1.807, 2.05) is 24.3 Å². The molecule has 0 bridgehead atoms. The van der Waals surface area contributed by atoms with Gasteiger partial charge < -0.3 is 0 Å². The number of Topliss-reactive ketones (excluding diaryl/α,β-unsaturated/α-hetero) is 1. The number of benzene rings is 1. The van der Waals surface area contributed by atoms with Crippen molar-refractivity contribution in [1.29, 1.82) is 0 Å². The van der Waals surface area contributed by atoms with Crippen LogP contribution in [0.4, 0.5) is 0 Å². The maximum absolute atomic E-state index is 12.1. The predicted molar refractivity (Wildman–Crippen MR) is 76.4 cm³/mol. The molecule has 0 heterocycles. The molecule has 1 atom stereocenters. The van der Waals surface area contributed by atoms with Crippen molar-refractivity contribution in [2.45, 2.75) is 46.0 Å². The van der Waals surface area contributed by atoms with E-state index >= 15 is 0 Å². The fraction of sp³-hybridized carbons (Fsp3) is 0.533. The van der Waals surface area contributed by atoms with Crippen molar-refractivity contribution in [1.82, 2.24) is 0 Å². The monoisotopic (exact) mass is 296 g/mol. The molecular weight excluding hydrogens is 276 g/mol. The van der Waals surface area contributed by atoms with E-state index in [4.69, 9.17) is 0 Å². The third-order valence-electron chi connectivity index (χ3n) is 3.18. The minimum atomic E-state index is 0.278. The Bertz CT molecular complexity index is 342. The third kappa shape index (κ3) is 5.03. The van der Waals surface area contributed by atoms with Crippen LogP contribution in [-0.2, 0) is 0 Å². The average molecular weight is 297 g/mol. The Balaban J connectivity index is 2.54. The standard InChI is InChI=1S/C15H21BrO/c1-3-5-6-12(4-2)11-15(17)13-7-9-14(16)10-8-13/h7-10,12H,3-6,11H2,1-2H3. The lowest BCUT2D eigenvalue weighted by Gasteiger charge is -2.13. The molecule has 0 aromatic heterocycles. The van der Waals surface area contributed by atoms with Gasteiger partial charge in [-0.2, -0.15) is 0 Å². The zero-order valence-electron chi connectivity index (χ0n) is 10.7. The van der Waals surface area contributed by atoms with Crippen LogP contribution < -0.4 is 0 Å². The minimum absolute atomic E-state index is 0.278. The lowest BCUT2D eigenvalue weighted by atomic mass is 9.92. The molecule has 1 aromatic rings. The molecular formula is C15H21BrO. The molecule has 2 heteroatoms. The fourth-order valence-electron chi connectivity index (χ4n) is 1.96. The second-order valence-electron chi connectivity index (χ2n) is 4.55. The van der Waals surface area contributed by atoms with Gasteiger partial charge in [0.25, 0.3) is 0 Å². The maximum atomic E-state index is 12.1. The Morgan fingerprint density at radius 2 is 1.88 bits per heavy atom. The van der Waals surface area contributed by atoms with Crippen molar-refractivity contribution in [2.24, 2.45) is 5.92 Å². The van der Waals surface area contributed by atoms with Gasteiger partial charge in [0.2, 0.25) is 0 Å². The molecule has 0 spiro atoms. The van der Waals surface area contributed by atoms with Crippen LogP contribution in [0.2, 0.25) is 0 Å². The van der Waals surface area contributed by atoms with E-state index in [0.717, 1.165) is 16.5 Å². The normalized spacial score (nSPS) is 12.4. The van der Waals surface area contributed by atoms with Gasteiger partial charge in [-0.3, -0.25) is 4.79 Å². The second kappa shape index (κ2) is 7.65. The van der Waals surface area contributed by atoms with Gasteiger partial charge in [0.1, 0.15) is 0 Å². The van der Waals surface area contributed by atoms with Crippen LogP contribution in [0.15, 0.2) is 28.7 Å². The summed E-state index contributed by atoms with van der Waals surface area (Å²) in [4.78, 5) is 12.1. The minimum Gasteiger partial charge on any atom is -0.294 e. The molecule has 0 aliphatic carbocycles. The Morgan fingerprint density at radius 1 is 1.24 bits per heavy atom. The van der Waals surface area contributed by atoms with Gasteiger partial charge in [0.05, 0.1) is 0 Å². The van der Waals surface area contributed by atoms with Crippen LogP contribution in [0.3, 0.4) is 0 Å². The van der Waals surface area contributed by atoms with E-state index in [0.29, 0.717) is 12.3 Å². The second-order valence-corrected chi connectivity index (χ2v) is 5.47. The van der Waals surface area contributed by atoms with E-state index in [1.165, 1.54) is 19.3 Å². The van der Waals surface area contributed by atoms with Crippen molar-refractivity contribution in [3.63, 3.8) is 0 Å². The molecule has 0 saturated carbocycles. The van der Waals surface area contributed by atoms with Crippen LogP contribution >= 0.6 is 15.9 Å². The molecule has 0 aliphatic rings. The highest BCUT2D eigenvalue weighted by Gasteiger charge is 2.13. The molecule has 17 heavy (non-hydrogen) atoms. The molecule has 1 unspecified atom stereocenters. The zero-order valence-corrected chi connectivity index (χ0v) is 12.3. The van der Waals surface area contributed by atoms with Gasteiger partial charge in [-0.15, -0.1) is 0 Å². The van der Waals surface area contributed by atoms with Crippen molar-refractivity contribution >= 4 is 21.7 Å². The summed E-state index contributed by atoms with van der Waals surface area (Å²) >= 11 is 3.38. The number of unbranched alkanes of at least 4 members (excludes halogenated alkanes) is 1. The molecule has 1 aromatic carbocycles. The Hall–Kier alpha value is -0.630. The molecule has 94 valence electrons. The third-order valence-corrected chi connectivity index (χ3v) is 3.71. The lowest BCUT2D eigenvalue weighted by molar-refractivity contribution is 0.0957. The van der Waals surface area contributed by atoms with Crippen molar-refractivity contribution in [3.8, 4) is 0 Å². The summed E-state index contributed by atoms with van der Waals surface area (Å²) in [7, 11) is 0. The summed E-state index contributed by atoms with van der Waals surface area (Å²) in [5, 5.41) is 0. The van der Waals surface area contributed by atoms with Gasteiger partial charge in [0.15, 0.2) is 5.78 Å². The molecule has 1 rings (SSSR count). The number of carbonyl (C=O) groups is 1. The van der Waals surface area contributed by atoms with E-state index < -0.39 is 0 Å². The first-order valence-electron chi connectivity index (χ1n) is 6.46. The molecule has 0 aliphatic heterocycles. The fourth-order valence-corrected chi connectivity index (χ4v) is 2.22. The van der Waals surface area contributed by atoms with Crippen LogP contribution in [0.1, 0.15) is 56.3 Å². The smallest absolute Gasteiger partial charge is 0.163 e. The quantitative estimate of drug-likeness (QED) is 0.629. The first-order valence-corrected chi connectivity index (χ1v) is 7.25. The Labute approximate surface area is 113 Å². The summed E-state index contributed by atoms with van der Waals surface area (Å²) in [6.07, 6.45) is 5.41. The molecule has 0 fully saturated rings. The van der Waals surface area contributed by atoms with Gasteiger partial charge in [-0.25, -0.2) is 0 Å². The van der Waals surface area contributed by atoms with Gasteiger partial charge in [-0.1, -0.05) is 67.6 Å². The summed E-state index contributed by atoms with van der Waals surface area (Å²) in [6.45, 7) is 4.37. The Morgan fingerprint density at radius 3 is 2.41 bits per heavy atom. The number of rotatable bonds is 7. The zero-order chi connectivity index (χ0) is 12.7. The molecule has 0 amide bonds. The molecule has 0 saturated heterocycles. The number of halogens is 1. The number of hydrogen-bond acceptors (Lipinski definition) is 1. The summed E-state index contributed by atoms with van der Waals surface area (Å²) in [5.41, 5.74) is 0.836. The highest BCUT2D eigenvalue weighted by molar-refractivity contribution is 9.10. The topological polar surface area (TPSA) is 17.1 Å². The van der Waals surface area contributed by atoms with E-state index in [1.54, 1.807) is 0 Å². The van der Waals surface area contributed by atoms with Crippen molar-refractivity contribution in [3.05, 3.63) is 34.3 Å². The van der Waals surface area contributed by atoms with Crippen LogP contribution in [0.5, 0.6) is 0 Å². The average Bonchev–Trinajstić information content (AvgIpc) is 2.35. The molecule has 1 nitrogen and oxygen atoms in total. The first kappa shape index (κ1) is 14.4. The molecule has 0 radical (unpaired) electrons. The van der Waals surface area contributed by atoms with Crippen molar-refractivity contribution in [2.75, 3.05) is 0 Å². The van der Waals surface area contributed by atoms with E-state index in [-0.39, 0.29) is 5.78 Å². The highest BCUT2D eigenvalue weighted by Crippen LogP contribution is 2.20. The van der Waals surface area contributed by atoms with Crippen LogP contribution in [-0.4, -0.2) is 5.78 Å². The van der Waals surface area contributed by atoms with Gasteiger partial charge >= 0.3 is 0 Å². The summed E-state index contributed by atoms with van der Waals surface area (Å²) < 4.78 is 1.02. The van der Waals surface area contributed by atoms with E-state index in [2.05, 4.69) is 29.8 Å². The SMILES string of the molecule is CCCCC(CC)CC(=O)c1ccc(Br)cc1. The predicted octanol–water partition coefficient (Wildman–Crippen LogP) is 5.24. The largest absolute Gasteiger partial charge is 0.294 e. The number of ketones is 1. The van der Waals surface area contributed by atoms with Crippen molar-refractivity contribution < 1.29 is 4.79 Å². The van der Waals surface area contributed by atoms with Gasteiger partial charge in [-0.05, 0) is 18.1 Å². The summed E-state index contributed by atoms with van der Waals surface area (Å²) in [6, 6.07) is 7.67. The maximum Gasteiger partial charge on any atom is 0.163 e. The van der Waals surface area contributed by atoms with Crippen LogP contribution in [0.25, 0.3) is 0 Å². The molecule has 0 N–H and O–H groups in total. The lowest BCUT2D eigenvalue weighted by Crippen LogP contribution is -2.08.